The average Bonchev–Trinajstić information content (AvgIpc) is 3.17. The summed E-state index contributed by atoms with van der Waals surface area (Å²) in [5.41, 5.74) is 2.67. The molecule has 0 unspecified atom stereocenters. The van der Waals surface area contributed by atoms with E-state index in [4.69, 9.17) is 5.21 Å². The van der Waals surface area contributed by atoms with Gasteiger partial charge < -0.3 is 26.3 Å². The predicted molar refractivity (Wildman–Crippen MR) is 119 cm³/mol. The van der Waals surface area contributed by atoms with Crippen molar-refractivity contribution in [3.63, 3.8) is 0 Å². The first-order valence-corrected chi connectivity index (χ1v) is 9.68. The maximum atomic E-state index is 12.2. The number of hydrogen-bond acceptors (Lipinski definition) is 9. The van der Waals surface area contributed by atoms with Gasteiger partial charge in [-0.05, 0) is 42.8 Å². The Bertz CT molecular complexity index is 1370. The minimum atomic E-state index is -0.648. The molecule has 0 bridgehead atoms. The van der Waals surface area contributed by atoms with Gasteiger partial charge in [-0.2, -0.15) is 10.6 Å². The zero-order valence-corrected chi connectivity index (χ0v) is 16.9. The largest absolute Gasteiger partial charge is 0.508 e. The van der Waals surface area contributed by atoms with Crippen molar-refractivity contribution in [3.05, 3.63) is 68.5 Å². The van der Waals surface area contributed by atoms with E-state index in [1.165, 1.54) is 0 Å². The number of hydrogen-bond donors (Lipinski definition) is 7. The molecule has 1 aromatic heterocycles. The van der Waals surface area contributed by atoms with E-state index in [2.05, 4.69) is 26.1 Å². The number of phenolic OH excluding ortho intramolecular Hbond substituents is 1. The number of aromatic hydroxyl groups is 1. The monoisotopic (exact) mass is 436 g/mol. The van der Waals surface area contributed by atoms with Crippen LogP contribution in [0.5, 0.6) is 5.75 Å². The second-order valence-corrected chi connectivity index (χ2v) is 7.21. The minimum Gasteiger partial charge on any atom is -0.508 e. The molecule has 11 heteroatoms. The summed E-state index contributed by atoms with van der Waals surface area (Å²) in [6, 6.07) is 11.3. The van der Waals surface area contributed by atoms with Gasteiger partial charge in [0.1, 0.15) is 23.7 Å². The summed E-state index contributed by atoms with van der Waals surface area (Å²) in [5, 5.41) is 34.2. The molecule has 4 aromatic rings. The van der Waals surface area contributed by atoms with E-state index in [9.17, 15) is 19.5 Å². The van der Waals surface area contributed by atoms with E-state index >= 15 is 0 Å². The molecular weight excluding hydrogens is 416 g/mol. The fourth-order valence-electron chi connectivity index (χ4n) is 3.32. The summed E-state index contributed by atoms with van der Waals surface area (Å²) in [4.78, 5) is 36.1. The van der Waals surface area contributed by atoms with Crippen LogP contribution in [0.2, 0.25) is 0 Å². The number of hydroxylamine groups is 1. The highest BCUT2D eigenvalue weighted by Gasteiger charge is 2.23. The fourth-order valence-corrected chi connectivity index (χ4v) is 3.32. The number of aromatic amines is 1. The lowest BCUT2D eigenvalue weighted by Gasteiger charge is -2.20. The van der Waals surface area contributed by atoms with Gasteiger partial charge in [-0.15, -0.1) is 0 Å². The maximum absolute atomic E-state index is 12.2. The van der Waals surface area contributed by atoms with Gasteiger partial charge in [-0.25, -0.2) is 0 Å². The molecule has 1 heterocycles. The third-order valence-corrected chi connectivity index (χ3v) is 4.97. The number of benzene rings is 2. The zero-order chi connectivity index (χ0) is 22.8. The van der Waals surface area contributed by atoms with Gasteiger partial charge in [0.05, 0.1) is 5.52 Å². The van der Waals surface area contributed by atoms with Crippen molar-refractivity contribution in [2.24, 2.45) is 0 Å². The molecule has 1 amide bonds. The molecule has 4 rings (SSSR count). The third-order valence-electron chi connectivity index (χ3n) is 4.97. The summed E-state index contributed by atoms with van der Waals surface area (Å²) >= 11 is 0. The Labute approximate surface area is 180 Å². The molecule has 164 valence electrons. The van der Waals surface area contributed by atoms with E-state index in [1.54, 1.807) is 47.9 Å². The topological polar surface area (TPSA) is 168 Å². The first-order valence-electron chi connectivity index (χ1n) is 9.68. The normalized spacial score (nSPS) is 12.1. The van der Waals surface area contributed by atoms with Crippen LogP contribution in [-0.4, -0.2) is 33.0 Å². The van der Waals surface area contributed by atoms with Crippen LogP contribution in [0.15, 0.2) is 52.1 Å². The average molecular weight is 436 g/mol. The minimum absolute atomic E-state index is 0.102. The number of carbonyl (C=O) groups excluding carboxylic acids is 1. The predicted octanol–water partition coefficient (Wildman–Crippen LogP) is 1.70. The number of carbonyl (C=O) groups is 1. The second-order valence-electron chi connectivity index (χ2n) is 7.21. The van der Waals surface area contributed by atoms with E-state index in [0.717, 1.165) is 5.56 Å². The van der Waals surface area contributed by atoms with Gasteiger partial charge in [0, 0.05) is 17.1 Å². The highest BCUT2D eigenvalue weighted by molar-refractivity contribution is 6.01. The van der Waals surface area contributed by atoms with Gasteiger partial charge in [0.15, 0.2) is 5.82 Å². The molecule has 0 aliphatic carbocycles. The van der Waals surface area contributed by atoms with Crippen molar-refractivity contribution in [1.29, 1.82) is 0 Å². The van der Waals surface area contributed by atoms with Crippen LogP contribution < -0.4 is 32.3 Å². The number of fused-ring (bicyclic) bond motifs is 1. The van der Waals surface area contributed by atoms with Crippen molar-refractivity contribution in [1.82, 2.24) is 15.7 Å². The number of aromatic nitrogens is 2. The lowest BCUT2D eigenvalue weighted by Crippen LogP contribution is -2.37. The number of nitrogens with one attached hydrogen (secondary N) is 5. The molecule has 0 fully saturated rings. The Hall–Kier alpha value is -4.22. The Morgan fingerprint density at radius 2 is 1.91 bits per heavy atom. The quantitative estimate of drug-likeness (QED) is 0.160. The molecule has 3 aromatic carbocycles. The summed E-state index contributed by atoms with van der Waals surface area (Å²) in [7, 11) is 0. The Balaban J connectivity index is 1.57. The second kappa shape index (κ2) is 8.49. The van der Waals surface area contributed by atoms with Gasteiger partial charge in [0.25, 0.3) is 10.9 Å². The summed E-state index contributed by atoms with van der Waals surface area (Å²) in [5.74, 6) is -0.135. The van der Waals surface area contributed by atoms with E-state index in [1.807, 2.05) is 6.92 Å². The van der Waals surface area contributed by atoms with Gasteiger partial charge in [0.2, 0.25) is 5.91 Å². The molecule has 0 saturated carbocycles. The van der Waals surface area contributed by atoms with Crippen molar-refractivity contribution in [2.75, 3.05) is 22.5 Å². The lowest BCUT2D eigenvalue weighted by atomic mass is 10.1. The molecule has 0 spiro atoms. The maximum Gasteiger partial charge on any atom is 0.253 e. The Morgan fingerprint density at radius 1 is 1.12 bits per heavy atom. The van der Waals surface area contributed by atoms with Crippen LogP contribution >= 0.6 is 0 Å². The standard InChI is InChI=1S/C21H20N6O5/c1-10(11-3-2-4-13(28)7-11)23-17-18(20(31)19(17)30)24-12-5-6-15-14(8-12)21(27-26-15)25-16(29)9-22-32/h2-8,10,22-24,28,32H,9H2,1H3,(H2,25,26,27,29)/t10-/m1/s1. The third kappa shape index (κ3) is 4.02. The van der Waals surface area contributed by atoms with Crippen molar-refractivity contribution < 1.29 is 15.1 Å². The van der Waals surface area contributed by atoms with Crippen LogP contribution in [0, 0.1) is 0 Å². The summed E-state index contributed by atoms with van der Waals surface area (Å²) in [6.45, 7) is 1.51. The van der Waals surface area contributed by atoms with Crippen LogP contribution in [0.4, 0.5) is 22.9 Å². The zero-order valence-electron chi connectivity index (χ0n) is 16.9. The van der Waals surface area contributed by atoms with Crippen LogP contribution in [0.3, 0.4) is 0 Å². The smallest absolute Gasteiger partial charge is 0.253 e. The molecule has 0 saturated heterocycles. The lowest BCUT2D eigenvalue weighted by molar-refractivity contribution is -0.116. The Morgan fingerprint density at radius 3 is 2.66 bits per heavy atom. The molecule has 1 atom stereocenters. The Kier molecular flexibility index (Phi) is 5.58. The highest BCUT2D eigenvalue weighted by atomic mass is 16.5. The van der Waals surface area contributed by atoms with Crippen LogP contribution in [-0.2, 0) is 4.79 Å². The molecule has 0 radical (unpaired) electrons. The molecular formula is C21H20N6O5. The fraction of sp³-hybridized carbons (Fsp3) is 0.143. The molecule has 11 nitrogen and oxygen atoms in total. The van der Waals surface area contributed by atoms with E-state index < -0.39 is 16.8 Å². The number of amides is 1. The molecule has 7 N–H and O–H groups in total. The van der Waals surface area contributed by atoms with E-state index in [0.29, 0.717) is 16.6 Å². The van der Waals surface area contributed by atoms with Crippen LogP contribution in [0.25, 0.3) is 10.9 Å². The van der Waals surface area contributed by atoms with Crippen LogP contribution in [0.1, 0.15) is 18.5 Å². The van der Waals surface area contributed by atoms with Gasteiger partial charge in [-0.3, -0.25) is 19.5 Å². The highest BCUT2D eigenvalue weighted by Crippen LogP contribution is 2.29. The van der Waals surface area contributed by atoms with Gasteiger partial charge >= 0.3 is 0 Å². The number of H-pyrrole nitrogens is 1. The van der Waals surface area contributed by atoms with Crippen molar-refractivity contribution in [2.45, 2.75) is 13.0 Å². The molecule has 0 aliphatic rings. The number of rotatable bonds is 8. The molecule has 0 aliphatic heterocycles. The first-order chi connectivity index (χ1) is 15.4. The number of anilines is 4. The first kappa shape index (κ1) is 21.0. The SMILES string of the molecule is C[C@@H](Nc1c(Nc2ccc3[nH]nc(NC(=O)CNO)c3c2)c(=O)c1=O)c1cccc(O)c1. The van der Waals surface area contributed by atoms with E-state index in [-0.39, 0.29) is 35.5 Å². The van der Waals surface area contributed by atoms with Gasteiger partial charge in [-0.1, -0.05) is 12.1 Å². The van der Waals surface area contributed by atoms with Crippen molar-refractivity contribution in [3.8, 4) is 5.75 Å². The number of phenols is 1. The summed E-state index contributed by atoms with van der Waals surface area (Å²) < 4.78 is 0. The number of nitrogens with zero attached hydrogens (tertiary/aromatic N) is 1. The van der Waals surface area contributed by atoms with Crippen molar-refractivity contribution >= 4 is 39.7 Å². The summed E-state index contributed by atoms with van der Waals surface area (Å²) in [6.07, 6.45) is 0. The molecule has 32 heavy (non-hydrogen) atoms.